The van der Waals surface area contributed by atoms with Gasteiger partial charge in [-0.15, -0.1) is 0 Å². The summed E-state index contributed by atoms with van der Waals surface area (Å²) >= 11 is 0. The van der Waals surface area contributed by atoms with E-state index in [9.17, 15) is 13.2 Å². The van der Waals surface area contributed by atoms with Crippen LogP contribution in [0.25, 0.3) is 0 Å². The molecule has 0 amide bonds. The van der Waals surface area contributed by atoms with Crippen molar-refractivity contribution in [2.24, 2.45) is 0 Å². The summed E-state index contributed by atoms with van der Waals surface area (Å²) in [6.45, 7) is 2.31. The highest BCUT2D eigenvalue weighted by atomic mass is 19.1. The van der Waals surface area contributed by atoms with Crippen LogP contribution in [0.3, 0.4) is 0 Å². The number of ether oxygens (including phenoxy) is 1. The number of hydrogen-bond donors (Lipinski definition) is 1. The van der Waals surface area contributed by atoms with Gasteiger partial charge in [0.2, 0.25) is 0 Å². The molecule has 0 aliphatic carbocycles. The first-order valence-corrected chi connectivity index (χ1v) is 6.59. The molecule has 112 valence electrons. The highest BCUT2D eigenvalue weighted by molar-refractivity contribution is 5.42. The fourth-order valence-corrected chi connectivity index (χ4v) is 2.31. The van der Waals surface area contributed by atoms with E-state index < -0.39 is 23.5 Å². The number of hydrogen-bond acceptors (Lipinski definition) is 2. The molecule has 0 fully saturated rings. The van der Waals surface area contributed by atoms with Gasteiger partial charge in [0.15, 0.2) is 0 Å². The van der Waals surface area contributed by atoms with Crippen LogP contribution in [0.1, 0.15) is 24.1 Å². The van der Waals surface area contributed by atoms with Gasteiger partial charge < -0.3 is 10.1 Å². The zero-order valence-electron chi connectivity index (χ0n) is 11.8. The van der Waals surface area contributed by atoms with Gasteiger partial charge in [-0.1, -0.05) is 25.1 Å². The fourth-order valence-electron chi connectivity index (χ4n) is 2.31. The maximum atomic E-state index is 14.0. The number of halogens is 3. The number of benzene rings is 2. The molecule has 0 spiro atoms. The molecule has 0 saturated carbocycles. The summed E-state index contributed by atoms with van der Waals surface area (Å²) in [6, 6.07) is 7.54. The van der Waals surface area contributed by atoms with Gasteiger partial charge in [-0.05, 0) is 12.6 Å². The van der Waals surface area contributed by atoms with Crippen molar-refractivity contribution in [1.82, 2.24) is 5.32 Å². The van der Waals surface area contributed by atoms with Crippen molar-refractivity contribution in [2.45, 2.75) is 13.0 Å². The minimum atomic E-state index is -0.941. The van der Waals surface area contributed by atoms with E-state index in [0.717, 1.165) is 0 Å². The van der Waals surface area contributed by atoms with Crippen LogP contribution in [0.15, 0.2) is 36.4 Å². The first-order valence-electron chi connectivity index (χ1n) is 6.59. The van der Waals surface area contributed by atoms with Crippen LogP contribution < -0.4 is 10.1 Å². The maximum Gasteiger partial charge on any atom is 0.134 e. The van der Waals surface area contributed by atoms with Crippen LogP contribution in [0, 0.1) is 17.5 Å². The molecule has 2 aromatic carbocycles. The van der Waals surface area contributed by atoms with Gasteiger partial charge in [0.25, 0.3) is 0 Å². The van der Waals surface area contributed by atoms with Crippen molar-refractivity contribution >= 4 is 0 Å². The molecule has 1 N–H and O–H groups in total. The molecular weight excluding hydrogens is 279 g/mol. The Kier molecular flexibility index (Phi) is 4.85. The molecule has 0 heterocycles. The molecule has 0 radical (unpaired) electrons. The zero-order valence-corrected chi connectivity index (χ0v) is 11.8. The summed E-state index contributed by atoms with van der Waals surface area (Å²) in [6.07, 6.45) is 0. The van der Waals surface area contributed by atoms with Crippen molar-refractivity contribution < 1.29 is 17.9 Å². The zero-order chi connectivity index (χ0) is 15.4. The Balaban J connectivity index is 2.59. The molecule has 0 bridgehead atoms. The molecule has 0 aliphatic rings. The van der Waals surface area contributed by atoms with E-state index in [4.69, 9.17) is 4.74 Å². The van der Waals surface area contributed by atoms with Crippen LogP contribution in [0.2, 0.25) is 0 Å². The average Bonchev–Trinajstić information content (AvgIpc) is 2.45. The Bertz CT molecular complexity index is 608. The molecule has 0 aliphatic heterocycles. The number of nitrogens with one attached hydrogen (secondary N) is 1. The Hall–Kier alpha value is -2.01. The molecule has 21 heavy (non-hydrogen) atoms. The maximum absolute atomic E-state index is 14.0. The molecule has 1 unspecified atom stereocenters. The summed E-state index contributed by atoms with van der Waals surface area (Å²) in [7, 11) is 1.49. The number of para-hydroxylation sites is 1. The summed E-state index contributed by atoms with van der Waals surface area (Å²) < 4.78 is 46.4. The second-order valence-corrected chi connectivity index (χ2v) is 4.52. The highest BCUT2D eigenvalue weighted by Crippen LogP contribution is 2.33. The SMILES string of the molecule is CCNC(c1ccccc1OC)c1c(F)cc(F)cc1F. The second kappa shape index (κ2) is 6.63. The van der Waals surface area contributed by atoms with E-state index >= 15 is 0 Å². The summed E-state index contributed by atoms with van der Waals surface area (Å²) in [4.78, 5) is 0. The van der Waals surface area contributed by atoms with E-state index in [1.165, 1.54) is 7.11 Å². The summed E-state index contributed by atoms with van der Waals surface area (Å²) in [5, 5.41) is 3.01. The molecule has 0 saturated heterocycles. The lowest BCUT2D eigenvalue weighted by Crippen LogP contribution is -2.24. The third kappa shape index (κ3) is 3.19. The summed E-state index contributed by atoms with van der Waals surface area (Å²) in [5.41, 5.74) is 0.369. The quantitative estimate of drug-likeness (QED) is 0.905. The van der Waals surface area contributed by atoms with Gasteiger partial charge >= 0.3 is 0 Å². The van der Waals surface area contributed by atoms with Gasteiger partial charge in [-0.25, -0.2) is 13.2 Å². The lowest BCUT2D eigenvalue weighted by Gasteiger charge is -2.22. The van der Waals surface area contributed by atoms with Gasteiger partial charge in [-0.2, -0.15) is 0 Å². The number of rotatable bonds is 5. The Morgan fingerprint density at radius 1 is 1.10 bits per heavy atom. The molecule has 0 aromatic heterocycles. The lowest BCUT2D eigenvalue weighted by molar-refractivity contribution is 0.401. The van der Waals surface area contributed by atoms with Crippen LogP contribution >= 0.6 is 0 Å². The predicted octanol–water partition coefficient (Wildman–Crippen LogP) is 3.81. The molecular formula is C16H16F3NO. The second-order valence-electron chi connectivity index (χ2n) is 4.52. The van der Waals surface area contributed by atoms with Gasteiger partial charge in [0, 0.05) is 23.3 Å². The van der Waals surface area contributed by atoms with E-state index in [-0.39, 0.29) is 5.56 Å². The minimum absolute atomic E-state index is 0.220. The first kappa shape index (κ1) is 15.4. The van der Waals surface area contributed by atoms with Crippen LogP contribution in [-0.4, -0.2) is 13.7 Å². The smallest absolute Gasteiger partial charge is 0.134 e. The average molecular weight is 295 g/mol. The van der Waals surface area contributed by atoms with Gasteiger partial charge in [0.05, 0.1) is 13.2 Å². The van der Waals surface area contributed by atoms with Crippen molar-refractivity contribution in [3.05, 3.63) is 65.0 Å². The van der Waals surface area contributed by atoms with Crippen molar-refractivity contribution in [1.29, 1.82) is 0 Å². The number of methoxy groups -OCH3 is 1. The largest absolute Gasteiger partial charge is 0.496 e. The lowest BCUT2D eigenvalue weighted by atomic mass is 9.96. The van der Waals surface area contributed by atoms with Crippen molar-refractivity contribution in [3.63, 3.8) is 0 Å². The third-order valence-corrected chi connectivity index (χ3v) is 3.19. The molecule has 2 aromatic rings. The Morgan fingerprint density at radius 2 is 1.71 bits per heavy atom. The normalized spacial score (nSPS) is 12.2. The van der Waals surface area contributed by atoms with Crippen molar-refractivity contribution in [2.75, 3.05) is 13.7 Å². The van der Waals surface area contributed by atoms with Crippen LogP contribution in [0.5, 0.6) is 5.75 Å². The van der Waals surface area contributed by atoms with Crippen molar-refractivity contribution in [3.8, 4) is 5.75 Å². The Labute approximate surface area is 121 Å². The van der Waals surface area contributed by atoms with E-state index in [1.54, 1.807) is 24.3 Å². The summed E-state index contributed by atoms with van der Waals surface area (Å²) in [5.74, 6) is -2.29. The first-order chi connectivity index (χ1) is 10.1. The molecule has 1 atom stereocenters. The monoisotopic (exact) mass is 295 g/mol. The van der Waals surface area contributed by atoms with Crippen LogP contribution in [0.4, 0.5) is 13.2 Å². The predicted molar refractivity (Wildman–Crippen MR) is 74.8 cm³/mol. The fraction of sp³-hybridized carbons (Fsp3) is 0.250. The van der Waals surface area contributed by atoms with Crippen LogP contribution in [-0.2, 0) is 0 Å². The topological polar surface area (TPSA) is 21.3 Å². The third-order valence-electron chi connectivity index (χ3n) is 3.19. The van der Waals surface area contributed by atoms with E-state index in [0.29, 0.717) is 30.0 Å². The van der Waals surface area contributed by atoms with Gasteiger partial charge in [-0.3, -0.25) is 0 Å². The minimum Gasteiger partial charge on any atom is -0.496 e. The van der Waals surface area contributed by atoms with E-state index in [2.05, 4.69) is 5.32 Å². The van der Waals surface area contributed by atoms with E-state index in [1.807, 2.05) is 6.92 Å². The molecule has 5 heteroatoms. The standard InChI is InChI=1S/C16H16F3NO/c1-3-20-16(11-6-4-5-7-14(11)21-2)15-12(18)8-10(17)9-13(15)19/h4-9,16,20H,3H2,1-2H3. The Morgan fingerprint density at radius 3 is 2.29 bits per heavy atom. The molecule has 2 nitrogen and oxygen atoms in total. The highest BCUT2D eigenvalue weighted by Gasteiger charge is 2.24. The van der Waals surface area contributed by atoms with Gasteiger partial charge in [0.1, 0.15) is 23.2 Å². The molecule has 2 rings (SSSR count).